The average molecular weight is 731 g/mol. The number of nitrogens with two attached hydrogens (primary N) is 1. The molecule has 7 nitrogen and oxygen atoms in total. The van der Waals surface area contributed by atoms with E-state index in [0.717, 1.165) is 87.3 Å². The molecule has 7 heteroatoms. The second kappa shape index (κ2) is 11.4. The Hall–Kier alpha value is -8.26. The molecule has 0 amide bonds. The van der Waals surface area contributed by atoms with Gasteiger partial charge in [-0.05, 0) is 89.0 Å². The standard InChI is InChI=1S/C50H26N4O3/c51-25-42-33-10-4-1-7-27(33)19-39-36-22-30(13-16-44(36)55-48(39)42)54(32-15-18-46-38(24-32)41-21-29-9-3-6-12-35(29)47(53)50(41)57-46)31-14-17-45-37(23-31)40-20-28-8-2-5-11-34(28)43(26-52)49(40)56-45/h1-24H,53H2. The molecule has 12 rings (SSSR count). The lowest BCUT2D eigenvalue weighted by molar-refractivity contribution is 0.668. The van der Waals surface area contributed by atoms with Crippen LogP contribution in [0.15, 0.2) is 159 Å². The van der Waals surface area contributed by atoms with E-state index in [-0.39, 0.29) is 0 Å². The molecule has 57 heavy (non-hydrogen) atoms. The molecule has 0 saturated heterocycles. The number of anilines is 4. The summed E-state index contributed by atoms with van der Waals surface area (Å²) in [6, 6.07) is 53.5. The number of benzene rings is 9. The third-order valence-corrected chi connectivity index (χ3v) is 11.4. The van der Waals surface area contributed by atoms with E-state index in [9.17, 15) is 10.5 Å². The van der Waals surface area contributed by atoms with Gasteiger partial charge in [-0.25, -0.2) is 0 Å². The lowest BCUT2D eigenvalue weighted by atomic mass is 10.00. The Morgan fingerprint density at radius 2 is 0.754 bits per heavy atom. The quantitative estimate of drug-likeness (QED) is 0.180. The van der Waals surface area contributed by atoms with Crippen molar-refractivity contribution >= 4 is 121 Å². The van der Waals surface area contributed by atoms with Crippen LogP contribution < -0.4 is 10.6 Å². The summed E-state index contributed by atoms with van der Waals surface area (Å²) in [6.07, 6.45) is 0. The Labute approximate surface area is 323 Å². The zero-order valence-electron chi connectivity index (χ0n) is 30.0. The van der Waals surface area contributed by atoms with E-state index < -0.39 is 0 Å². The van der Waals surface area contributed by atoms with Crippen molar-refractivity contribution in [1.82, 2.24) is 0 Å². The number of furan rings is 3. The van der Waals surface area contributed by atoms with Crippen LogP contribution in [0.5, 0.6) is 0 Å². The summed E-state index contributed by atoms with van der Waals surface area (Å²) in [5.41, 5.74) is 14.9. The minimum atomic E-state index is 0.517. The molecule has 12 aromatic rings. The lowest BCUT2D eigenvalue weighted by Crippen LogP contribution is -2.09. The topological polar surface area (TPSA) is 116 Å². The number of fused-ring (bicyclic) bond motifs is 12. The number of nitrogens with zero attached hydrogens (tertiary/aromatic N) is 3. The molecule has 3 heterocycles. The first-order chi connectivity index (χ1) is 28.1. The fraction of sp³-hybridized carbons (Fsp3) is 0. The molecule has 0 unspecified atom stereocenters. The second-order valence-corrected chi connectivity index (χ2v) is 14.5. The van der Waals surface area contributed by atoms with Gasteiger partial charge in [0.05, 0.1) is 5.69 Å². The summed E-state index contributed by atoms with van der Waals surface area (Å²) >= 11 is 0. The predicted octanol–water partition coefficient (Wildman–Crippen LogP) is 13.6. The lowest BCUT2D eigenvalue weighted by Gasteiger charge is -2.25. The highest BCUT2D eigenvalue weighted by Crippen LogP contribution is 2.45. The van der Waals surface area contributed by atoms with Crippen LogP contribution in [-0.2, 0) is 0 Å². The minimum Gasteiger partial charge on any atom is -0.455 e. The molecule has 0 aliphatic rings. The Morgan fingerprint density at radius 3 is 1.19 bits per heavy atom. The first kappa shape index (κ1) is 31.1. The van der Waals surface area contributed by atoms with Gasteiger partial charge in [0, 0.05) is 65.5 Å². The van der Waals surface area contributed by atoms with Crippen LogP contribution >= 0.6 is 0 Å². The van der Waals surface area contributed by atoms with Crippen molar-refractivity contribution < 1.29 is 13.3 Å². The third kappa shape index (κ3) is 4.34. The van der Waals surface area contributed by atoms with Crippen LogP contribution in [0.2, 0.25) is 0 Å². The molecule has 2 N–H and O–H groups in total. The van der Waals surface area contributed by atoms with Gasteiger partial charge in [0.15, 0.2) is 16.7 Å². The van der Waals surface area contributed by atoms with Gasteiger partial charge < -0.3 is 23.9 Å². The first-order valence-electron chi connectivity index (χ1n) is 18.6. The first-order valence-corrected chi connectivity index (χ1v) is 18.6. The number of hydrogen-bond acceptors (Lipinski definition) is 7. The van der Waals surface area contributed by atoms with Gasteiger partial charge in [-0.1, -0.05) is 72.8 Å². The van der Waals surface area contributed by atoms with Crippen LogP contribution in [-0.4, -0.2) is 0 Å². The smallest absolute Gasteiger partial charge is 0.158 e. The summed E-state index contributed by atoms with van der Waals surface area (Å²) in [5, 5.41) is 31.6. The highest BCUT2D eigenvalue weighted by Gasteiger charge is 2.22. The molecule has 0 aliphatic carbocycles. The van der Waals surface area contributed by atoms with Crippen molar-refractivity contribution in [3.8, 4) is 12.1 Å². The Morgan fingerprint density at radius 1 is 0.386 bits per heavy atom. The molecule has 0 fully saturated rings. The monoisotopic (exact) mass is 730 g/mol. The molecule has 0 spiro atoms. The highest BCUT2D eigenvalue weighted by atomic mass is 16.3. The van der Waals surface area contributed by atoms with E-state index in [1.165, 1.54) is 0 Å². The maximum atomic E-state index is 10.3. The maximum Gasteiger partial charge on any atom is 0.158 e. The number of nitrogen functional groups attached to an aromatic ring is 1. The van der Waals surface area contributed by atoms with Crippen LogP contribution in [0.4, 0.5) is 22.7 Å². The van der Waals surface area contributed by atoms with Gasteiger partial charge in [0.1, 0.15) is 40.0 Å². The van der Waals surface area contributed by atoms with Gasteiger partial charge in [-0.15, -0.1) is 0 Å². The van der Waals surface area contributed by atoms with E-state index in [0.29, 0.717) is 44.7 Å². The molecular formula is C50H26N4O3. The Kier molecular flexibility index (Phi) is 6.21. The molecule has 0 atom stereocenters. The largest absolute Gasteiger partial charge is 0.455 e. The fourth-order valence-corrected chi connectivity index (χ4v) is 8.80. The van der Waals surface area contributed by atoms with Gasteiger partial charge in [0.25, 0.3) is 0 Å². The van der Waals surface area contributed by atoms with Gasteiger partial charge in [0.2, 0.25) is 0 Å². The van der Waals surface area contributed by atoms with E-state index in [1.54, 1.807) is 0 Å². The summed E-state index contributed by atoms with van der Waals surface area (Å²) in [4.78, 5) is 2.21. The van der Waals surface area contributed by atoms with E-state index in [1.807, 2.05) is 97.1 Å². The summed E-state index contributed by atoms with van der Waals surface area (Å²) in [6.45, 7) is 0. The molecule has 0 aliphatic heterocycles. The van der Waals surface area contributed by atoms with Gasteiger partial charge in [-0.2, -0.15) is 10.5 Å². The van der Waals surface area contributed by atoms with Crippen LogP contribution in [0.1, 0.15) is 11.1 Å². The molecule has 0 saturated carbocycles. The molecule has 0 bridgehead atoms. The Bertz CT molecular complexity index is 3650. The number of hydrogen-bond donors (Lipinski definition) is 1. The minimum absolute atomic E-state index is 0.517. The molecule has 9 aromatic carbocycles. The van der Waals surface area contributed by atoms with Crippen LogP contribution in [0.3, 0.4) is 0 Å². The normalized spacial score (nSPS) is 11.9. The van der Waals surface area contributed by atoms with Gasteiger partial charge >= 0.3 is 0 Å². The Balaban J connectivity index is 1.14. The van der Waals surface area contributed by atoms with E-state index >= 15 is 0 Å². The number of nitriles is 2. The third-order valence-electron chi connectivity index (χ3n) is 11.4. The fourth-order valence-electron chi connectivity index (χ4n) is 8.80. The van der Waals surface area contributed by atoms with Crippen molar-refractivity contribution in [3.05, 3.63) is 157 Å². The molecule has 264 valence electrons. The van der Waals surface area contributed by atoms with Crippen LogP contribution in [0, 0.1) is 22.7 Å². The summed E-state index contributed by atoms with van der Waals surface area (Å²) in [5.74, 6) is 0. The predicted molar refractivity (Wildman–Crippen MR) is 229 cm³/mol. The molecule has 3 aromatic heterocycles. The zero-order valence-corrected chi connectivity index (χ0v) is 30.0. The van der Waals surface area contributed by atoms with Crippen molar-refractivity contribution in [2.45, 2.75) is 0 Å². The summed E-state index contributed by atoms with van der Waals surface area (Å²) in [7, 11) is 0. The van der Waals surface area contributed by atoms with E-state index in [4.69, 9.17) is 19.0 Å². The molecular weight excluding hydrogens is 705 g/mol. The van der Waals surface area contributed by atoms with Crippen molar-refractivity contribution in [3.63, 3.8) is 0 Å². The summed E-state index contributed by atoms with van der Waals surface area (Å²) < 4.78 is 19.3. The second-order valence-electron chi connectivity index (χ2n) is 14.5. The zero-order chi connectivity index (χ0) is 37.9. The average Bonchev–Trinajstić information content (AvgIpc) is 3.93. The maximum absolute atomic E-state index is 10.3. The van der Waals surface area contributed by atoms with Crippen molar-refractivity contribution in [1.29, 1.82) is 10.5 Å². The van der Waals surface area contributed by atoms with Crippen LogP contribution in [0.25, 0.3) is 98.1 Å². The van der Waals surface area contributed by atoms with Gasteiger partial charge in [-0.3, -0.25) is 0 Å². The number of rotatable bonds is 3. The SMILES string of the molecule is N#Cc1c2ccccc2cc2c1oc1ccc(N(c3ccc4oc5c(N)c6ccccc6cc5c4c3)c3ccc4oc5c(C#N)c6ccccc6cc5c4c3)cc12. The highest BCUT2D eigenvalue weighted by molar-refractivity contribution is 6.19. The molecule has 0 radical (unpaired) electrons. The van der Waals surface area contributed by atoms with Crippen molar-refractivity contribution in [2.75, 3.05) is 10.6 Å². The van der Waals surface area contributed by atoms with Crippen molar-refractivity contribution in [2.24, 2.45) is 0 Å². The van der Waals surface area contributed by atoms with E-state index in [2.05, 4.69) is 65.6 Å².